The molecule has 18 N–H and O–H groups in total. The van der Waals surface area contributed by atoms with Crippen molar-refractivity contribution in [1.82, 2.24) is 52.8 Å². The highest BCUT2D eigenvalue weighted by Crippen LogP contribution is 2.25. The van der Waals surface area contributed by atoms with Gasteiger partial charge in [0.25, 0.3) is 0 Å². The topological polar surface area (TPSA) is 386 Å². The van der Waals surface area contributed by atoms with E-state index in [9.17, 15) is 38.4 Å². The van der Waals surface area contributed by atoms with Gasteiger partial charge in [0.2, 0.25) is 47.3 Å². The highest BCUT2D eigenvalue weighted by Gasteiger charge is 2.37. The number of aromatic nitrogens is 1. The van der Waals surface area contributed by atoms with Gasteiger partial charge in [-0.05, 0) is 63.1 Å². The molecule has 0 unspecified atom stereocenters. The summed E-state index contributed by atoms with van der Waals surface area (Å²) < 4.78 is 0. The number of nitrogens with one attached hydrogen (secondary N) is 12. The normalized spacial score (nSPS) is 21.2. The van der Waals surface area contributed by atoms with E-state index in [1.54, 1.807) is 36.5 Å². The summed E-state index contributed by atoms with van der Waals surface area (Å²) in [5, 5.41) is 40.0. The lowest BCUT2D eigenvalue weighted by molar-refractivity contribution is -0.137. The number of primary amides is 1. The Morgan fingerprint density at radius 2 is 1.39 bits per heavy atom. The number of benzene rings is 2. The molecule has 1 aliphatic rings. The van der Waals surface area contributed by atoms with Gasteiger partial charge in [0.1, 0.15) is 41.8 Å². The van der Waals surface area contributed by atoms with E-state index in [-0.39, 0.29) is 75.0 Å². The van der Waals surface area contributed by atoms with Gasteiger partial charge in [-0.25, -0.2) is 0 Å². The molecule has 4 rings (SSSR count). The number of para-hydroxylation sites is 1. The lowest BCUT2D eigenvalue weighted by Crippen LogP contribution is -2.63. The number of fused-ring (bicyclic) bond motifs is 1. The van der Waals surface area contributed by atoms with Crippen molar-refractivity contribution >= 4 is 91.7 Å². The van der Waals surface area contributed by atoms with Gasteiger partial charge in [0.05, 0.1) is 0 Å². The molecule has 1 aliphatic heterocycles. The summed E-state index contributed by atoms with van der Waals surface area (Å²) in [5.41, 5.74) is 17.0. The third kappa shape index (κ3) is 18.1. The third-order valence-corrected chi connectivity index (χ3v) is 13.5. The number of H-pyrrole nitrogens is 1. The SMILES string of the molecule is CC(=O)N[C@@H](CCCNC(=N)N)C(=O)N[C@H]1CCSSC[C@@H](C(N)=O)NC(=O)[C@H](Cc2c[nH]c3ccccc23)NC(=O)[C@H](CCCNC(=N)N)NC(=O)[C@@H](Cc2ccccc2)NC(=O)C(C)(C)NC1=O. The number of hydrogen-bond donors (Lipinski definition) is 15. The molecule has 25 heteroatoms. The second kappa shape index (κ2) is 27.2. The number of amides is 8. The number of carbonyl (C=O) groups excluding carboxylic acids is 8. The summed E-state index contributed by atoms with van der Waals surface area (Å²) in [5.74, 6) is -6.35. The molecule has 2 heterocycles. The first kappa shape index (κ1) is 55.6. The molecular formula is C45H65N15O8S2. The van der Waals surface area contributed by atoms with Gasteiger partial charge in [-0.3, -0.25) is 49.2 Å². The number of hydrogen-bond acceptors (Lipinski definition) is 12. The molecule has 23 nitrogen and oxygen atoms in total. The van der Waals surface area contributed by atoms with Crippen molar-refractivity contribution in [2.45, 2.75) is 108 Å². The molecule has 0 bridgehead atoms. The van der Waals surface area contributed by atoms with E-state index in [0.29, 0.717) is 17.5 Å². The Morgan fingerprint density at radius 1 is 0.771 bits per heavy atom. The monoisotopic (exact) mass is 1010 g/mol. The molecule has 380 valence electrons. The highest BCUT2D eigenvalue weighted by atomic mass is 33.1. The lowest BCUT2D eigenvalue weighted by atomic mass is 9.99. The Labute approximate surface area is 413 Å². The molecule has 0 aliphatic carbocycles. The summed E-state index contributed by atoms with van der Waals surface area (Å²) in [4.78, 5) is 113. The van der Waals surface area contributed by atoms with Gasteiger partial charge in [0.15, 0.2) is 11.9 Å². The Morgan fingerprint density at radius 3 is 2.06 bits per heavy atom. The van der Waals surface area contributed by atoms with Crippen LogP contribution in [0.1, 0.15) is 64.0 Å². The van der Waals surface area contributed by atoms with Gasteiger partial charge < -0.3 is 70.0 Å². The minimum absolute atomic E-state index is 0.0136. The van der Waals surface area contributed by atoms with Crippen molar-refractivity contribution in [2.24, 2.45) is 17.2 Å². The van der Waals surface area contributed by atoms with E-state index in [0.717, 1.165) is 21.7 Å². The number of guanidine groups is 2. The highest BCUT2D eigenvalue weighted by molar-refractivity contribution is 8.76. The largest absolute Gasteiger partial charge is 0.370 e. The standard InChI is InChI=1S/C45H65N15O8S2/c1-25(61)54-30(15-9-18-51-43(47)48)37(63)56-32-17-20-69-70-24-35(36(46)62)58-40(66)34(22-27-23-53-29-14-8-7-13-28(27)29)57-38(64)31(16-10-19-52-44(49)50)55-39(65)33(21-26-11-5-4-6-12-26)59-42(68)45(2,3)60-41(32)67/h4-8,11-14,23,30-35,53H,9-10,15-22,24H2,1-3H3,(H2,46,62)(H,54,61)(H,55,65)(H,56,63)(H,57,64)(H,58,66)(H,59,68)(H,60,67)(H4,47,48,51)(H4,49,50,52)/t30-,31-,32-,33+,34-,35-/m0/s1. The van der Waals surface area contributed by atoms with Crippen molar-refractivity contribution in [2.75, 3.05) is 24.6 Å². The molecule has 1 aromatic heterocycles. The maximum atomic E-state index is 14.5. The maximum Gasteiger partial charge on any atom is 0.245 e. The Balaban J connectivity index is 1.73. The molecule has 0 spiro atoms. The summed E-state index contributed by atoms with van der Waals surface area (Å²) in [6, 6.07) is 8.57. The Kier molecular flexibility index (Phi) is 21.6. The van der Waals surface area contributed by atoms with E-state index in [1.165, 1.54) is 31.6 Å². The summed E-state index contributed by atoms with van der Waals surface area (Å²) in [7, 11) is 2.36. The average molecular weight is 1010 g/mol. The molecule has 1 fully saturated rings. The molecule has 0 saturated carbocycles. The molecular weight excluding hydrogens is 943 g/mol. The van der Waals surface area contributed by atoms with E-state index in [2.05, 4.69) is 52.8 Å². The fourth-order valence-electron chi connectivity index (χ4n) is 7.31. The van der Waals surface area contributed by atoms with Crippen LogP contribution < -0.4 is 65.1 Å². The average Bonchev–Trinajstić information content (AvgIpc) is 3.71. The van der Waals surface area contributed by atoms with Crippen LogP contribution in [-0.2, 0) is 51.2 Å². The van der Waals surface area contributed by atoms with Crippen molar-refractivity contribution in [3.8, 4) is 0 Å². The Hall–Kier alpha value is -7.02. The Bertz CT molecular complexity index is 2350. The lowest BCUT2D eigenvalue weighted by Gasteiger charge is -2.31. The van der Waals surface area contributed by atoms with Crippen LogP contribution in [0.25, 0.3) is 10.9 Å². The van der Waals surface area contributed by atoms with Crippen LogP contribution in [0.15, 0.2) is 60.8 Å². The first-order valence-corrected chi connectivity index (χ1v) is 25.1. The van der Waals surface area contributed by atoms with E-state index in [4.69, 9.17) is 28.0 Å². The summed E-state index contributed by atoms with van der Waals surface area (Å²) in [6.45, 7) is 4.44. The zero-order valence-corrected chi connectivity index (χ0v) is 41.0. The molecule has 6 atom stereocenters. The quantitative estimate of drug-likeness (QED) is 0.0339. The first-order valence-electron chi connectivity index (χ1n) is 22.6. The number of nitrogens with two attached hydrogens (primary N) is 3. The fraction of sp³-hybridized carbons (Fsp3) is 0.467. The minimum Gasteiger partial charge on any atom is -0.370 e. The van der Waals surface area contributed by atoms with Crippen molar-refractivity contribution in [3.63, 3.8) is 0 Å². The summed E-state index contributed by atoms with van der Waals surface area (Å²) in [6.07, 6.45) is 2.22. The molecule has 70 heavy (non-hydrogen) atoms. The molecule has 8 amide bonds. The van der Waals surface area contributed by atoms with Crippen LogP contribution in [0, 0.1) is 10.8 Å². The number of aromatic amines is 1. The molecule has 2 aromatic carbocycles. The van der Waals surface area contributed by atoms with Crippen LogP contribution >= 0.6 is 21.6 Å². The first-order chi connectivity index (χ1) is 33.2. The van der Waals surface area contributed by atoms with E-state index < -0.39 is 89.0 Å². The van der Waals surface area contributed by atoms with Gasteiger partial charge in [-0.2, -0.15) is 0 Å². The van der Waals surface area contributed by atoms with Crippen LogP contribution in [0.5, 0.6) is 0 Å². The zero-order chi connectivity index (χ0) is 51.4. The number of carbonyl (C=O) groups is 8. The summed E-state index contributed by atoms with van der Waals surface area (Å²) >= 11 is 0. The number of rotatable bonds is 16. The smallest absolute Gasteiger partial charge is 0.245 e. The van der Waals surface area contributed by atoms with Crippen LogP contribution in [0.2, 0.25) is 0 Å². The minimum atomic E-state index is -1.71. The van der Waals surface area contributed by atoms with Gasteiger partial charge in [-0.15, -0.1) is 0 Å². The van der Waals surface area contributed by atoms with Crippen molar-refractivity contribution in [3.05, 3.63) is 71.9 Å². The van der Waals surface area contributed by atoms with Gasteiger partial charge >= 0.3 is 0 Å². The van der Waals surface area contributed by atoms with Crippen molar-refractivity contribution < 1.29 is 38.4 Å². The second-order valence-corrected chi connectivity index (χ2v) is 19.8. The molecule has 3 aromatic rings. The van der Waals surface area contributed by atoms with Crippen molar-refractivity contribution in [1.29, 1.82) is 10.8 Å². The zero-order valence-electron chi connectivity index (χ0n) is 39.3. The van der Waals surface area contributed by atoms with Gasteiger partial charge in [0, 0.05) is 61.5 Å². The van der Waals surface area contributed by atoms with Crippen LogP contribution in [-0.4, -0.2) is 131 Å². The molecule has 0 radical (unpaired) electrons. The van der Waals surface area contributed by atoms with Crippen LogP contribution in [0.4, 0.5) is 0 Å². The van der Waals surface area contributed by atoms with E-state index in [1.807, 2.05) is 24.3 Å². The van der Waals surface area contributed by atoms with Gasteiger partial charge in [-0.1, -0.05) is 70.1 Å². The second-order valence-electron chi connectivity index (χ2n) is 17.2. The third-order valence-electron chi connectivity index (χ3n) is 11.0. The maximum absolute atomic E-state index is 14.5. The predicted molar refractivity (Wildman–Crippen MR) is 269 cm³/mol. The molecule has 1 saturated heterocycles. The van der Waals surface area contributed by atoms with E-state index >= 15 is 0 Å². The van der Waals surface area contributed by atoms with Crippen LogP contribution in [0.3, 0.4) is 0 Å². The fourth-order valence-corrected chi connectivity index (χ4v) is 9.58. The predicted octanol–water partition coefficient (Wildman–Crippen LogP) is -1.43.